The van der Waals surface area contributed by atoms with E-state index in [1.54, 1.807) is 18.3 Å². The Labute approximate surface area is 130 Å². The Hall–Kier alpha value is -2.56. The van der Waals surface area contributed by atoms with Crippen molar-refractivity contribution in [2.75, 3.05) is 23.3 Å². The van der Waals surface area contributed by atoms with E-state index in [1.165, 1.54) is 10.6 Å². The van der Waals surface area contributed by atoms with Gasteiger partial charge < -0.3 is 14.8 Å². The van der Waals surface area contributed by atoms with Crippen LogP contribution in [0.15, 0.2) is 53.5 Å². The first-order chi connectivity index (χ1) is 10.6. The predicted octanol–water partition coefficient (Wildman–Crippen LogP) is 2.33. The van der Waals surface area contributed by atoms with Crippen molar-refractivity contribution in [3.63, 3.8) is 0 Å². The van der Waals surface area contributed by atoms with Crippen LogP contribution < -0.4 is 15.8 Å². The molecule has 0 saturated heterocycles. The van der Waals surface area contributed by atoms with Crippen LogP contribution in [0.1, 0.15) is 13.8 Å². The summed E-state index contributed by atoms with van der Waals surface area (Å²) in [7, 11) is 0. The molecule has 1 aromatic heterocycles. The van der Waals surface area contributed by atoms with Crippen LogP contribution in [0, 0.1) is 0 Å². The Kier molecular flexibility index (Phi) is 5.36. The molecular weight excluding hydrogens is 278 g/mol. The number of amides is 1. The number of carbonyl (C=O) groups excluding carboxylic acids is 1. The zero-order valence-electron chi connectivity index (χ0n) is 13.0. The van der Waals surface area contributed by atoms with E-state index in [0.717, 1.165) is 24.5 Å². The summed E-state index contributed by atoms with van der Waals surface area (Å²) in [5, 5.41) is 2.80. The molecule has 0 bridgehead atoms. The molecule has 1 heterocycles. The maximum Gasteiger partial charge on any atom is 0.250 e. The standard InChI is InChI=1S/C17H21N3O2/c1-3-19(4-2)15-10-8-14(9-11-15)18-16(21)13-20-12-6-5-7-17(20)22/h5-12H,3-4,13H2,1-2H3,(H,18,21). The number of rotatable bonds is 6. The molecule has 116 valence electrons. The summed E-state index contributed by atoms with van der Waals surface area (Å²) in [6, 6.07) is 12.5. The Morgan fingerprint density at radius 2 is 1.77 bits per heavy atom. The fourth-order valence-corrected chi connectivity index (χ4v) is 2.29. The summed E-state index contributed by atoms with van der Waals surface area (Å²) in [4.78, 5) is 25.8. The molecule has 0 saturated carbocycles. The van der Waals surface area contributed by atoms with Gasteiger partial charge in [0.15, 0.2) is 0 Å². The fourth-order valence-electron chi connectivity index (χ4n) is 2.29. The lowest BCUT2D eigenvalue weighted by molar-refractivity contribution is -0.116. The molecule has 1 aromatic carbocycles. The van der Waals surface area contributed by atoms with Gasteiger partial charge in [-0.25, -0.2) is 0 Å². The monoisotopic (exact) mass is 299 g/mol. The van der Waals surface area contributed by atoms with E-state index >= 15 is 0 Å². The smallest absolute Gasteiger partial charge is 0.250 e. The molecule has 0 aliphatic rings. The third-order valence-electron chi connectivity index (χ3n) is 3.49. The number of carbonyl (C=O) groups is 1. The van der Waals surface area contributed by atoms with Gasteiger partial charge in [0.1, 0.15) is 6.54 Å². The molecule has 2 aromatic rings. The Morgan fingerprint density at radius 3 is 2.36 bits per heavy atom. The molecule has 0 fully saturated rings. The third-order valence-corrected chi connectivity index (χ3v) is 3.49. The second-order valence-corrected chi connectivity index (χ2v) is 4.93. The number of nitrogens with zero attached hydrogens (tertiary/aromatic N) is 2. The van der Waals surface area contributed by atoms with Crippen molar-refractivity contribution in [2.24, 2.45) is 0 Å². The van der Waals surface area contributed by atoms with E-state index in [9.17, 15) is 9.59 Å². The van der Waals surface area contributed by atoms with Crippen LogP contribution in [0.4, 0.5) is 11.4 Å². The molecule has 2 rings (SSSR count). The van der Waals surface area contributed by atoms with Crippen molar-refractivity contribution in [3.8, 4) is 0 Å². The number of benzene rings is 1. The minimum absolute atomic E-state index is 0.0114. The van der Waals surface area contributed by atoms with Gasteiger partial charge >= 0.3 is 0 Å². The second kappa shape index (κ2) is 7.45. The van der Waals surface area contributed by atoms with Crippen molar-refractivity contribution in [1.82, 2.24) is 4.57 Å². The van der Waals surface area contributed by atoms with E-state index in [-0.39, 0.29) is 18.0 Å². The quantitative estimate of drug-likeness (QED) is 0.890. The highest BCUT2D eigenvalue weighted by Gasteiger charge is 2.06. The first-order valence-electron chi connectivity index (χ1n) is 7.44. The number of hydrogen-bond donors (Lipinski definition) is 1. The highest BCUT2D eigenvalue weighted by atomic mass is 16.2. The highest BCUT2D eigenvalue weighted by Crippen LogP contribution is 2.17. The van der Waals surface area contributed by atoms with Crippen LogP contribution >= 0.6 is 0 Å². The van der Waals surface area contributed by atoms with Gasteiger partial charge in [0.05, 0.1) is 0 Å². The molecule has 5 nitrogen and oxygen atoms in total. The van der Waals surface area contributed by atoms with E-state index in [1.807, 2.05) is 24.3 Å². The Balaban J connectivity index is 2.00. The summed E-state index contributed by atoms with van der Waals surface area (Å²) in [6.07, 6.45) is 1.60. The maximum absolute atomic E-state index is 12.0. The SMILES string of the molecule is CCN(CC)c1ccc(NC(=O)Cn2ccccc2=O)cc1. The summed E-state index contributed by atoms with van der Waals surface area (Å²) < 4.78 is 1.37. The average Bonchev–Trinajstić information content (AvgIpc) is 2.52. The Bertz CT molecular complexity index is 673. The van der Waals surface area contributed by atoms with Crippen molar-refractivity contribution >= 4 is 17.3 Å². The van der Waals surface area contributed by atoms with Gasteiger partial charge in [0.25, 0.3) is 5.56 Å². The van der Waals surface area contributed by atoms with Crippen LogP contribution in [-0.2, 0) is 11.3 Å². The van der Waals surface area contributed by atoms with E-state index < -0.39 is 0 Å². The number of nitrogens with one attached hydrogen (secondary N) is 1. The van der Waals surface area contributed by atoms with Crippen molar-refractivity contribution < 1.29 is 4.79 Å². The molecule has 1 amide bonds. The number of hydrogen-bond acceptors (Lipinski definition) is 3. The molecular formula is C17H21N3O2. The van der Waals surface area contributed by atoms with E-state index in [0.29, 0.717) is 0 Å². The van der Waals surface area contributed by atoms with Gasteiger partial charge in [-0.1, -0.05) is 6.07 Å². The predicted molar refractivity (Wildman–Crippen MR) is 89.3 cm³/mol. The van der Waals surface area contributed by atoms with Gasteiger partial charge in [-0.15, -0.1) is 0 Å². The zero-order valence-corrected chi connectivity index (χ0v) is 13.0. The minimum atomic E-state index is -0.219. The van der Waals surface area contributed by atoms with Gasteiger partial charge in [0.2, 0.25) is 5.91 Å². The molecule has 0 unspecified atom stereocenters. The fraction of sp³-hybridized carbons (Fsp3) is 0.294. The van der Waals surface area contributed by atoms with Gasteiger partial charge in [-0.2, -0.15) is 0 Å². The minimum Gasteiger partial charge on any atom is -0.372 e. The second-order valence-electron chi connectivity index (χ2n) is 4.93. The molecule has 0 spiro atoms. The first-order valence-corrected chi connectivity index (χ1v) is 7.44. The van der Waals surface area contributed by atoms with Gasteiger partial charge in [0, 0.05) is 36.7 Å². The highest BCUT2D eigenvalue weighted by molar-refractivity contribution is 5.90. The number of anilines is 2. The molecule has 0 aliphatic carbocycles. The maximum atomic E-state index is 12.0. The summed E-state index contributed by atoms with van der Waals surface area (Å²) >= 11 is 0. The molecule has 1 N–H and O–H groups in total. The van der Waals surface area contributed by atoms with Crippen molar-refractivity contribution in [2.45, 2.75) is 20.4 Å². The van der Waals surface area contributed by atoms with Crippen LogP contribution in [0.25, 0.3) is 0 Å². The summed E-state index contributed by atoms with van der Waals surface area (Å²) in [6.45, 7) is 6.11. The van der Waals surface area contributed by atoms with Gasteiger partial charge in [-0.3, -0.25) is 9.59 Å². The van der Waals surface area contributed by atoms with Crippen LogP contribution in [0.5, 0.6) is 0 Å². The normalized spacial score (nSPS) is 10.3. The lowest BCUT2D eigenvalue weighted by atomic mass is 10.2. The topological polar surface area (TPSA) is 54.3 Å². The molecule has 0 radical (unpaired) electrons. The largest absolute Gasteiger partial charge is 0.372 e. The Morgan fingerprint density at radius 1 is 1.09 bits per heavy atom. The van der Waals surface area contributed by atoms with Crippen LogP contribution in [-0.4, -0.2) is 23.6 Å². The lowest BCUT2D eigenvalue weighted by Crippen LogP contribution is -2.26. The number of aromatic nitrogens is 1. The summed E-state index contributed by atoms with van der Waals surface area (Å²) in [5.41, 5.74) is 1.67. The number of pyridine rings is 1. The van der Waals surface area contributed by atoms with Crippen LogP contribution in [0.2, 0.25) is 0 Å². The van der Waals surface area contributed by atoms with E-state index in [2.05, 4.69) is 24.1 Å². The van der Waals surface area contributed by atoms with Crippen molar-refractivity contribution in [3.05, 3.63) is 59.0 Å². The zero-order chi connectivity index (χ0) is 15.9. The lowest BCUT2D eigenvalue weighted by Gasteiger charge is -2.21. The van der Waals surface area contributed by atoms with Crippen molar-refractivity contribution in [1.29, 1.82) is 0 Å². The van der Waals surface area contributed by atoms with Crippen LogP contribution in [0.3, 0.4) is 0 Å². The molecule has 5 heteroatoms. The van der Waals surface area contributed by atoms with E-state index in [4.69, 9.17) is 0 Å². The van der Waals surface area contributed by atoms with Gasteiger partial charge in [-0.05, 0) is 44.2 Å². The molecule has 22 heavy (non-hydrogen) atoms. The molecule has 0 atom stereocenters. The average molecular weight is 299 g/mol. The first kappa shape index (κ1) is 15.8. The third kappa shape index (κ3) is 3.97. The molecule has 0 aliphatic heterocycles. The summed E-state index contributed by atoms with van der Waals surface area (Å²) in [5.74, 6) is -0.219.